The molecule has 0 unspecified atom stereocenters. The molecule has 0 spiro atoms. The zero-order valence-electron chi connectivity index (χ0n) is 11.7. The molecule has 0 bridgehead atoms. The summed E-state index contributed by atoms with van der Waals surface area (Å²) in [7, 11) is 0. The lowest BCUT2D eigenvalue weighted by molar-refractivity contribution is -0.174. The first-order chi connectivity index (χ1) is 9.92. The average Bonchev–Trinajstić information content (AvgIpc) is 2.39. The molecule has 0 saturated carbocycles. The van der Waals surface area contributed by atoms with Crippen LogP contribution < -0.4 is 10.1 Å². The van der Waals surface area contributed by atoms with E-state index < -0.39 is 25.3 Å². The van der Waals surface area contributed by atoms with Crippen LogP contribution in [-0.4, -0.2) is 31.9 Å². The second-order valence-electron chi connectivity index (χ2n) is 4.35. The molecular formula is C14H18F3NO3. The highest BCUT2D eigenvalue weighted by molar-refractivity contribution is 5.93. The summed E-state index contributed by atoms with van der Waals surface area (Å²) in [6.07, 6.45) is -2.60. The number of ether oxygens (including phenoxy) is 2. The van der Waals surface area contributed by atoms with Gasteiger partial charge in [0, 0.05) is 0 Å². The van der Waals surface area contributed by atoms with Gasteiger partial charge in [-0.05, 0) is 18.6 Å². The maximum absolute atomic E-state index is 11.9. The average molecular weight is 305 g/mol. The van der Waals surface area contributed by atoms with Crippen molar-refractivity contribution in [2.24, 2.45) is 0 Å². The summed E-state index contributed by atoms with van der Waals surface area (Å²) in [6, 6.07) is 6.74. The summed E-state index contributed by atoms with van der Waals surface area (Å²) in [4.78, 5) is 11.5. The van der Waals surface area contributed by atoms with Crippen molar-refractivity contribution in [2.45, 2.75) is 25.9 Å². The molecule has 0 aliphatic heterocycles. The normalized spacial score (nSPS) is 11.2. The summed E-state index contributed by atoms with van der Waals surface area (Å²) in [6.45, 7) is 0.418. The Bertz CT molecular complexity index is 449. The number of para-hydroxylation sites is 2. The highest BCUT2D eigenvalue weighted by Crippen LogP contribution is 2.24. The molecule has 1 aromatic carbocycles. The number of unbranched alkanes of at least 4 members (excludes halogenated alkanes) is 1. The van der Waals surface area contributed by atoms with E-state index in [9.17, 15) is 18.0 Å². The summed E-state index contributed by atoms with van der Waals surface area (Å²) < 4.78 is 45.5. The van der Waals surface area contributed by atoms with Crippen LogP contribution in [-0.2, 0) is 9.53 Å². The molecule has 0 atom stereocenters. The highest BCUT2D eigenvalue weighted by Gasteiger charge is 2.27. The molecule has 0 aliphatic carbocycles. The van der Waals surface area contributed by atoms with E-state index in [1.54, 1.807) is 24.3 Å². The molecule has 1 aromatic rings. The number of hydrogen-bond acceptors (Lipinski definition) is 3. The predicted octanol–water partition coefficient (Wildman–Crippen LogP) is 3.38. The largest absolute Gasteiger partial charge is 0.491 e. The predicted molar refractivity (Wildman–Crippen MR) is 72.3 cm³/mol. The lowest BCUT2D eigenvalue weighted by atomic mass is 10.3. The number of alkyl halides is 3. The minimum Gasteiger partial charge on any atom is -0.491 e. The molecule has 0 radical (unpaired) electrons. The standard InChI is InChI=1S/C14H18F3NO3/c1-2-3-8-21-12-7-5-4-6-11(12)18-13(19)9-20-10-14(15,16)17/h4-7H,2-3,8-10H2,1H3,(H,18,19). The Kier molecular flexibility index (Phi) is 7.01. The lowest BCUT2D eigenvalue weighted by Gasteiger charge is -2.12. The first kappa shape index (κ1) is 17.3. The fourth-order valence-electron chi connectivity index (χ4n) is 1.47. The molecule has 118 valence electrons. The molecular weight excluding hydrogens is 287 g/mol. The smallest absolute Gasteiger partial charge is 0.411 e. The third-order valence-electron chi connectivity index (χ3n) is 2.42. The van der Waals surface area contributed by atoms with Crippen LogP contribution in [0.3, 0.4) is 0 Å². The Morgan fingerprint density at radius 2 is 2.00 bits per heavy atom. The topological polar surface area (TPSA) is 47.6 Å². The molecule has 1 rings (SSSR count). The number of halogens is 3. The van der Waals surface area contributed by atoms with E-state index in [1.807, 2.05) is 6.92 Å². The van der Waals surface area contributed by atoms with E-state index in [1.165, 1.54) is 0 Å². The Labute approximate surface area is 121 Å². The number of hydrogen-bond donors (Lipinski definition) is 1. The number of nitrogens with one attached hydrogen (secondary N) is 1. The quantitative estimate of drug-likeness (QED) is 0.749. The molecule has 0 aliphatic rings. The first-order valence-corrected chi connectivity index (χ1v) is 6.58. The van der Waals surface area contributed by atoms with Crippen molar-refractivity contribution in [1.82, 2.24) is 0 Å². The molecule has 7 heteroatoms. The molecule has 1 amide bonds. The van der Waals surface area contributed by atoms with E-state index in [4.69, 9.17) is 4.74 Å². The summed E-state index contributed by atoms with van der Waals surface area (Å²) in [5.74, 6) is -0.180. The van der Waals surface area contributed by atoms with Crippen molar-refractivity contribution < 1.29 is 27.4 Å². The summed E-state index contributed by atoms with van der Waals surface area (Å²) >= 11 is 0. The van der Waals surface area contributed by atoms with Gasteiger partial charge in [0.05, 0.1) is 12.3 Å². The van der Waals surface area contributed by atoms with Gasteiger partial charge < -0.3 is 14.8 Å². The van der Waals surface area contributed by atoms with E-state index >= 15 is 0 Å². The van der Waals surface area contributed by atoms with Crippen LogP contribution in [0.4, 0.5) is 18.9 Å². The van der Waals surface area contributed by atoms with Gasteiger partial charge in [0.1, 0.15) is 19.0 Å². The second-order valence-corrected chi connectivity index (χ2v) is 4.35. The minimum absolute atomic E-state index is 0.411. The van der Waals surface area contributed by atoms with Gasteiger partial charge in [-0.2, -0.15) is 13.2 Å². The Morgan fingerprint density at radius 1 is 1.29 bits per heavy atom. The molecule has 0 heterocycles. The highest BCUT2D eigenvalue weighted by atomic mass is 19.4. The number of carbonyl (C=O) groups excluding carboxylic acids is 1. The van der Waals surface area contributed by atoms with Crippen LogP contribution in [0.15, 0.2) is 24.3 Å². The van der Waals surface area contributed by atoms with Crippen LogP contribution in [0.5, 0.6) is 5.75 Å². The fraction of sp³-hybridized carbons (Fsp3) is 0.500. The molecule has 0 fully saturated rings. The molecule has 0 aromatic heterocycles. The monoisotopic (exact) mass is 305 g/mol. The molecule has 21 heavy (non-hydrogen) atoms. The summed E-state index contributed by atoms with van der Waals surface area (Å²) in [5.41, 5.74) is 0.411. The van der Waals surface area contributed by atoms with Crippen LogP contribution >= 0.6 is 0 Å². The van der Waals surface area contributed by atoms with E-state index in [-0.39, 0.29) is 0 Å². The van der Waals surface area contributed by atoms with Crippen LogP contribution in [0.1, 0.15) is 19.8 Å². The number of benzene rings is 1. The van der Waals surface area contributed by atoms with E-state index in [0.717, 1.165) is 12.8 Å². The van der Waals surface area contributed by atoms with Gasteiger partial charge in [-0.1, -0.05) is 25.5 Å². The van der Waals surface area contributed by atoms with E-state index in [2.05, 4.69) is 10.1 Å². The maximum atomic E-state index is 11.9. The van der Waals surface area contributed by atoms with Crippen molar-refractivity contribution in [2.75, 3.05) is 25.1 Å². The SMILES string of the molecule is CCCCOc1ccccc1NC(=O)COCC(F)(F)F. The zero-order chi connectivity index (χ0) is 15.7. The molecule has 1 N–H and O–H groups in total. The van der Waals surface area contributed by atoms with Gasteiger partial charge in [0.2, 0.25) is 5.91 Å². The Morgan fingerprint density at radius 3 is 2.67 bits per heavy atom. The van der Waals surface area contributed by atoms with Gasteiger partial charge in [0.15, 0.2) is 0 Å². The number of carbonyl (C=O) groups is 1. The van der Waals surface area contributed by atoms with Crippen LogP contribution in [0.2, 0.25) is 0 Å². The van der Waals surface area contributed by atoms with E-state index in [0.29, 0.717) is 18.0 Å². The first-order valence-electron chi connectivity index (χ1n) is 6.58. The van der Waals surface area contributed by atoms with Gasteiger partial charge in [-0.25, -0.2) is 0 Å². The summed E-state index contributed by atoms with van der Waals surface area (Å²) in [5, 5.41) is 2.47. The van der Waals surface area contributed by atoms with Crippen molar-refractivity contribution in [3.05, 3.63) is 24.3 Å². The molecule has 4 nitrogen and oxygen atoms in total. The van der Waals surface area contributed by atoms with Gasteiger partial charge in [-0.15, -0.1) is 0 Å². The van der Waals surface area contributed by atoms with Crippen molar-refractivity contribution in [3.8, 4) is 5.75 Å². The second kappa shape index (κ2) is 8.51. The van der Waals surface area contributed by atoms with Crippen LogP contribution in [0.25, 0.3) is 0 Å². The zero-order valence-corrected chi connectivity index (χ0v) is 11.7. The third-order valence-corrected chi connectivity index (χ3v) is 2.42. The van der Waals surface area contributed by atoms with Crippen molar-refractivity contribution in [3.63, 3.8) is 0 Å². The number of rotatable bonds is 8. The number of anilines is 1. The van der Waals surface area contributed by atoms with Crippen molar-refractivity contribution in [1.29, 1.82) is 0 Å². The van der Waals surface area contributed by atoms with Crippen molar-refractivity contribution >= 4 is 11.6 Å². The Balaban J connectivity index is 2.47. The van der Waals surface area contributed by atoms with Gasteiger partial charge >= 0.3 is 6.18 Å². The number of amides is 1. The maximum Gasteiger partial charge on any atom is 0.411 e. The fourth-order valence-corrected chi connectivity index (χ4v) is 1.47. The van der Waals surface area contributed by atoms with Gasteiger partial charge in [-0.3, -0.25) is 4.79 Å². The Hall–Kier alpha value is -1.76. The van der Waals surface area contributed by atoms with Gasteiger partial charge in [0.25, 0.3) is 0 Å². The minimum atomic E-state index is -4.44. The lowest BCUT2D eigenvalue weighted by Crippen LogP contribution is -2.24. The van der Waals surface area contributed by atoms with Crippen LogP contribution in [0, 0.1) is 0 Å². The third kappa shape index (κ3) is 7.55. The molecule has 0 saturated heterocycles.